The zero-order valence-corrected chi connectivity index (χ0v) is 15.1. The predicted octanol–water partition coefficient (Wildman–Crippen LogP) is 2.72. The van der Waals surface area contributed by atoms with E-state index in [0.717, 1.165) is 24.0 Å². The monoisotopic (exact) mass is 363 g/mol. The van der Waals surface area contributed by atoms with Crippen molar-refractivity contribution in [3.8, 4) is 17.2 Å². The van der Waals surface area contributed by atoms with Crippen LogP contribution in [-0.4, -0.2) is 43.1 Å². The van der Waals surface area contributed by atoms with Gasteiger partial charge in [-0.3, -0.25) is 4.79 Å². The summed E-state index contributed by atoms with van der Waals surface area (Å²) in [6.45, 7) is 0.518. The molecule has 2 amide bonds. The van der Waals surface area contributed by atoms with Crippen LogP contribution < -0.4 is 5.32 Å². The Labute approximate surface area is 158 Å². The highest BCUT2D eigenvalue weighted by molar-refractivity contribution is 5.82. The molecule has 1 fully saturated rings. The summed E-state index contributed by atoms with van der Waals surface area (Å²) in [4.78, 5) is 24.9. The number of nitrogens with one attached hydrogen (secondary N) is 1. The molecule has 0 radical (unpaired) electrons. The summed E-state index contributed by atoms with van der Waals surface area (Å²) < 4.78 is 4.66. The van der Waals surface area contributed by atoms with Crippen molar-refractivity contribution in [2.75, 3.05) is 20.2 Å². The molecule has 2 aromatic carbocycles. The number of benzene rings is 2. The fourth-order valence-electron chi connectivity index (χ4n) is 3.18. The summed E-state index contributed by atoms with van der Waals surface area (Å²) in [5.41, 5.74) is 3.97. The molecule has 1 aliphatic heterocycles. The number of ether oxygens (including phenoxy) is 1. The molecule has 0 aliphatic carbocycles. The van der Waals surface area contributed by atoms with E-state index in [1.54, 1.807) is 0 Å². The summed E-state index contributed by atoms with van der Waals surface area (Å²) in [5.74, 6) is -0.413. The fourth-order valence-corrected chi connectivity index (χ4v) is 3.18. The predicted molar refractivity (Wildman–Crippen MR) is 101 cm³/mol. The number of amides is 2. The minimum atomic E-state index is -0.413. The molecule has 2 aromatic rings. The van der Waals surface area contributed by atoms with Crippen LogP contribution in [0.4, 0.5) is 4.79 Å². The standard InChI is InChI=1S/C21H21N3O3/c1-27-20(25)14-24-19(13-23-21(24)26)11-6-15-2-7-17(8-3-15)18-9-4-16(12-22)5-10-18/h2-5,7-10,19H,6,11,13-14H2,1H3,(H,23,26). The second-order valence-corrected chi connectivity index (χ2v) is 6.47. The third kappa shape index (κ3) is 4.45. The van der Waals surface area contributed by atoms with Crippen molar-refractivity contribution >= 4 is 12.0 Å². The first kappa shape index (κ1) is 18.5. The van der Waals surface area contributed by atoms with Crippen molar-refractivity contribution in [2.45, 2.75) is 18.9 Å². The van der Waals surface area contributed by atoms with Crippen LogP contribution in [0.15, 0.2) is 48.5 Å². The number of nitriles is 1. The van der Waals surface area contributed by atoms with Gasteiger partial charge in [-0.25, -0.2) is 4.79 Å². The molecule has 1 saturated heterocycles. The quantitative estimate of drug-likeness (QED) is 0.800. The van der Waals surface area contributed by atoms with E-state index in [2.05, 4.69) is 40.4 Å². The molecule has 1 atom stereocenters. The van der Waals surface area contributed by atoms with Crippen LogP contribution in [0.5, 0.6) is 0 Å². The molecule has 6 heteroatoms. The van der Waals surface area contributed by atoms with E-state index in [1.165, 1.54) is 17.6 Å². The number of rotatable bonds is 6. The molecule has 0 saturated carbocycles. The third-order valence-electron chi connectivity index (χ3n) is 4.79. The van der Waals surface area contributed by atoms with Crippen LogP contribution in [-0.2, 0) is 16.0 Å². The van der Waals surface area contributed by atoms with Crippen LogP contribution in [0.1, 0.15) is 17.5 Å². The van der Waals surface area contributed by atoms with Gasteiger partial charge in [0.15, 0.2) is 0 Å². The summed E-state index contributed by atoms with van der Waals surface area (Å²) in [7, 11) is 1.32. The molecule has 1 heterocycles. The molecule has 1 unspecified atom stereocenters. The first-order valence-electron chi connectivity index (χ1n) is 8.81. The van der Waals surface area contributed by atoms with Crippen molar-refractivity contribution in [2.24, 2.45) is 0 Å². The highest BCUT2D eigenvalue weighted by Crippen LogP contribution is 2.21. The molecule has 0 aromatic heterocycles. The number of aryl methyl sites for hydroxylation is 1. The topological polar surface area (TPSA) is 82.4 Å². The number of urea groups is 1. The van der Waals surface area contributed by atoms with E-state index in [4.69, 9.17) is 5.26 Å². The molecule has 6 nitrogen and oxygen atoms in total. The zero-order valence-electron chi connectivity index (χ0n) is 15.1. The Morgan fingerprint density at radius 3 is 2.41 bits per heavy atom. The van der Waals surface area contributed by atoms with E-state index >= 15 is 0 Å². The lowest BCUT2D eigenvalue weighted by Crippen LogP contribution is -2.39. The maximum absolute atomic E-state index is 11.9. The smallest absolute Gasteiger partial charge is 0.325 e. The Kier molecular flexibility index (Phi) is 5.72. The van der Waals surface area contributed by atoms with E-state index in [1.807, 2.05) is 24.3 Å². The molecule has 3 rings (SSSR count). The minimum Gasteiger partial charge on any atom is -0.468 e. The number of carbonyl (C=O) groups excluding carboxylic acids is 2. The lowest BCUT2D eigenvalue weighted by molar-refractivity contribution is -0.141. The van der Waals surface area contributed by atoms with Crippen molar-refractivity contribution in [3.05, 3.63) is 59.7 Å². The Bertz CT molecular complexity index is 854. The van der Waals surface area contributed by atoms with Crippen molar-refractivity contribution < 1.29 is 14.3 Å². The van der Waals surface area contributed by atoms with Gasteiger partial charge in [0.1, 0.15) is 6.54 Å². The third-order valence-corrected chi connectivity index (χ3v) is 4.79. The highest BCUT2D eigenvalue weighted by atomic mass is 16.5. The maximum Gasteiger partial charge on any atom is 0.325 e. The van der Waals surface area contributed by atoms with Crippen molar-refractivity contribution in [1.29, 1.82) is 5.26 Å². The molecule has 27 heavy (non-hydrogen) atoms. The largest absolute Gasteiger partial charge is 0.468 e. The Morgan fingerprint density at radius 1 is 1.19 bits per heavy atom. The second kappa shape index (κ2) is 8.37. The van der Waals surface area contributed by atoms with Gasteiger partial charge in [0, 0.05) is 6.54 Å². The second-order valence-electron chi connectivity index (χ2n) is 6.47. The SMILES string of the molecule is COC(=O)CN1C(=O)NCC1CCc1ccc(-c2ccc(C#N)cc2)cc1. The minimum absolute atomic E-state index is 0.0187. The number of esters is 1. The molecular weight excluding hydrogens is 342 g/mol. The molecular formula is C21H21N3O3. The van der Waals surface area contributed by atoms with E-state index in [0.29, 0.717) is 12.1 Å². The first-order chi connectivity index (χ1) is 13.1. The molecule has 0 bridgehead atoms. The zero-order chi connectivity index (χ0) is 19.2. The number of hydrogen-bond donors (Lipinski definition) is 1. The lowest BCUT2D eigenvalue weighted by atomic mass is 10.00. The van der Waals surface area contributed by atoms with Gasteiger partial charge in [0.25, 0.3) is 0 Å². The van der Waals surface area contributed by atoms with Gasteiger partial charge >= 0.3 is 12.0 Å². The Morgan fingerprint density at radius 2 is 1.81 bits per heavy atom. The molecule has 1 N–H and O–H groups in total. The Hall–Kier alpha value is -3.33. The lowest BCUT2D eigenvalue weighted by Gasteiger charge is -2.21. The number of nitrogens with zero attached hydrogens (tertiary/aromatic N) is 2. The molecule has 1 aliphatic rings. The summed E-state index contributed by atoms with van der Waals surface area (Å²) in [6, 6.07) is 17.6. The van der Waals surface area contributed by atoms with Crippen LogP contribution in [0, 0.1) is 11.3 Å². The number of carbonyl (C=O) groups is 2. The van der Waals surface area contributed by atoms with Gasteiger partial charge in [0.2, 0.25) is 0 Å². The Balaban J connectivity index is 1.60. The maximum atomic E-state index is 11.9. The average molecular weight is 363 g/mol. The first-order valence-corrected chi connectivity index (χ1v) is 8.81. The highest BCUT2D eigenvalue weighted by Gasteiger charge is 2.31. The normalized spacial score (nSPS) is 15.9. The van der Waals surface area contributed by atoms with Gasteiger partial charge < -0.3 is 15.0 Å². The van der Waals surface area contributed by atoms with E-state index in [-0.39, 0.29) is 18.6 Å². The van der Waals surface area contributed by atoms with Crippen LogP contribution in [0.2, 0.25) is 0 Å². The van der Waals surface area contributed by atoms with Gasteiger partial charge in [-0.05, 0) is 41.7 Å². The number of hydrogen-bond acceptors (Lipinski definition) is 4. The van der Waals surface area contributed by atoms with Crippen LogP contribution >= 0.6 is 0 Å². The summed E-state index contributed by atoms with van der Waals surface area (Å²) in [6.07, 6.45) is 1.58. The van der Waals surface area contributed by atoms with Gasteiger partial charge in [-0.1, -0.05) is 36.4 Å². The fraction of sp³-hybridized carbons (Fsp3) is 0.286. The van der Waals surface area contributed by atoms with Crippen molar-refractivity contribution in [3.63, 3.8) is 0 Å². The van der Waals surface area contributed by atoms with Gasteiger partial charge in [-0.15, -0.1) is 0 Å². The van der Waals surface area contributed by atoms with E-state index in [9.17, 15) is 9.59 Å². The molecule has 138 valence electrons. The molecule has 0 spiro atoms. The van der Waals surface area contributed by atoms with E-state index < -0.39 is 5.97 Å². The summed E-state index contributed by atoms with van der Waals surface area (Å²) in [5, 5.41) is 11.7. The van der Waals surface area contributed by atoms with Crippen LogP contribution in [0.3, 0.4) is 0 Å². The van der Waals surface area contributed by atoms with Gasteiger partial charge in [-0.2, -0.15) is 5.26 Å². The number of methoxy groups -OCH3 is 1. The van der Waals surface area contributed by atoms with Crippen molar-refractivity contribution in [1.82, 2.24) is 10.2 Å². The summed E-state index contributed by atoms with van der Waals surface area (Å²) >= 11 is 0. The van der Waals surface area contributed by atoms with Gasteiger partial charge in [0.05, 0.1) is 24.8 Å². The average Bonchev–Trinajstić information content (AvgIpc) is 3.06. The van der Waals surface area contributed by atoms with Crippen LogP contribution in [0.25, 0.3) is 11.1 Å².